The Morgan fingerprint density at radius 3 is 2.23 bits per heavy atom. The zero-order valence-electron chi connectivity index (χ0n) is 13.4. The Bertz CT molecular complexity index is 1030. The van der Waals surface area contributed by atoms with Gasteiger partial charge in [0.2, 0.25) is 21.9 Å². The number of hydrogen-bond acceptors (Lipinski definition) is 6. The van der Waals surface area contributed by atoms with Crippen LogP contribution in [0, 0.1) is 0 Å². The lowest BCUT2D eigenvalue weighted by Crippen LogP contribution is -2.18. The van der Waals surface area contributed by atoms with Crippen LogP contribution in [-0.2, 0) is 10.0 Å². The van der Waals surface area contributed by atoms with Crippen LogP contribution in [0.5, 0.6) is 0 Å². The maximum Gasteiger partial charge on any atom is 0.248 e. The van der Waals surface area contributed by atoms with Gasteiger partial charge in [-0.15, -0.1) is 5.10 Å². The van der Waals surface area contributed by atoms with Crippen molar-refractivity contribution >= 4 is 50.8 Å². The van der Waals surface area contributed by atoms with Gasteiger partial charge in [-0.05, 0) is 36.9 Å². The van der Waals surface area contributed by atoms with E-state index in [1.54, 1.807) is 24.3 Å². The fourth-order valence-corrected chi connectivity index (χ4v) is 3.73. The summed E-state index contributed by atoms with van der Waals surface area (Å²) in [6.45, 7) is 0. The fraction of sp³-hybridized carbons (Fsp3) is 0.0667. The van der Waals surface area contributed by atoms with Crippen LogP contribution < -0.4 is 15.8 Å². The van der Waals surface area contributed by atoms with E-state index in [0.29, 0.717) is 26.9 Å². The average Bonchev–Trinajstić information content (AvgIpc) is 2.99. The number of hydrogen-bond donors (Lipinski definition) is 4. The van der Waals surface area contributed by atoms with Crippen LogP contribution in [-0.4, -0.2) is 30.6 Å². The number of nitrogens with zero attached hydrogens (tertiary/aromatic N) is 2. The van der Waals surface area contributed by atoms with Gasteiger partial charge in [-0.3, -0.25) is 0 Å². The lowest BCUT2D eigenvalue weighted by molar-refractivity contribution is 0.588. The van der Waals surface area contributed by atoms with Gasteiger partial charge in [0.15, 0.2) is 0 Å². The van der Waals surface area contributed by atoms with E-state index in [1.807, 2.05) is 0 Å². The molecule has 0 saturated heterocycles. The Hall–Kier alpha value is -2.33. The molecule has 0 radical (unpaired) electrons. The number of rotatable bonds is 5. The molecule has 0 aliphatic heterocycles. The molecule has 1 aromatic heterocycles. The number of aromatic nitrogens is 3. The zero-order valence-corrected chi connectivity index (χ0v) is 15.7. The molecule has 0 saturated carbocycles. The minimum absolute atomic E-state index is 0.150. The third kappa shape index (κ3) is 3.75. The molecular formula is C15H14Cl2N6O2S. The SMILES string of the molecule is CNS(=O)(=O)c1ccc(-c2c(Cl)cc(Nc3n[nH]c(N)n3)cc2Cl)cc1. The summed E-state index contributed by atoms with van der Waals surface area (Å²) >= 11 is 12.7. The first-order valence-corrected chi connectivity index (χ1v) is 9.52. The van der Waals surface area contributed by atoms with Crippen LogP contribution in [0.2, 0.25) is 10.0 Å². The van der Waals surface area contributed by atoms with Crippen LogP contribution in [0.15, 0.2) is 41.3 Å². The van der Waals surface area contributed by atoms with Crippen molar-refractivity contribution in [1.29, 1.82) is 0 Å². The summed E-state index contributed by atoms with van der Waals surface area (Å²) < 4.78 is 25.9. The molecule has 0 fully saturated rings. The molecule has 26 heavy (non-hydrogen) atoms. The van der Waals surface area contributed by atoms with E-state index >= 15 is 0 Å². The van der Waals surface area contributed by atoms with Crippen LogP contribution in [0.4, 0.5) is 17.6 Å². The van der Waals surface area contributed by atoms with Gasteiger partial charge in [0.05, 0.1) is 14.9 Å². The molecule has 0 spiro atoms. The number of aromatic amines is 1. The third-order valence-electron chi connectivity index (χ3n) is 3.52. The number of benzene rings is 2. The van der Waals surface area contributed by atoms with Gasteiger partial charge >= 0.3 is 0 Å². The normalized spacial score (nSPS) is 11.5. The molecule has 0 unspecified atom stereocenters. The molecular weight excluding hydrogens is 399 g/mol. The van der Waals surface area contributed by atoms with E-state index in [4.69, 9.17) is 28.9 Å². The van der Waals surface area contributed by atoms with Crippen LogP contribution in [0.1, 0.15) is 0 Å². The summed E-state index contributed by atoms with van der Waals surface area (Å²) in [5.41, 5.74) is 7.33. The molecule has 136 valence electrons. The van der Waals surface area contributed by atoms with E-state index in [2.05, 4.69) is 25.2 Å². The summed E-state index contributed by atoms with van der Waals surface area (Å²) in [6, 6.07) is 9.56. The smallest absolute Gasteiger partial charge is 0.248 e. The highest BCUT2D eigenvalue weighted by Gasteiger charge is 2.15. The molecule has 11 heteroatoms. The Morgan fingerprint density at radius 1 is 1.12 bits per heavy atom. The molecule has 0 aliphatic carbocycles. The van der Waals surface area contributed by atoms with Crippen molar-refractivity contribution in [1.82, 2.24) is 19.9 Å². The fourth-order valence-electron chi connectivity index (χ4n) is 2.30. The molecule has 3 aromatic rings. The molecule has 0 bridgehead atoms. The third-order valence-corrected chi connectivity index (χ3v) is 5.55. The standard InChI is InChI=1S/C15H14Cl2N6O2S/c1-19-26(24,25)10-4-2-8(3-5-10)13-11(16)6-9(7-12(13)17)20-15-21-14(18)22-23-15/h2-7,19H,1H3,(H4,18,20,21,22,23). The van der Waals surface area contributed by atoms with Crippen molar-refractivity contribution in [3.8, 4) is 11.1 Å². The summed E-state index contributed by atoms with van der Waals surface area (Å²) in [7, 11) is -2.16. The molecule has 5 N–H and O–H groups in total. The number of nitrogens with one attached hydrogen (secondary N) is 3. The van der Waals surface area contributed by atoms with Crippen molar-refractivity contribution < 1.29 is 8.42 Å². The monoisotopic (exact) mass is 412 g/mol. The van der Waals surface area contributed by atoms with Gasteiger partial charge in [-0.2, -0.15) is 4.98 Å². The van der Waals surface area contributed by atoms with Crippen molar-refractivity contribution in [3.63, 3.8) is 0 Å². The van der Waals surface area contributed by atoms with Gasteiger partial charge in [-0.1, -0.05) is 35.3 Å². The van der Waals surface area contributed by atoms with Crippen molar-refractivity contribution in [2.24, 2.45) is 0 Å². The van der Waals surface area contributed by atoms with Crippen LogP contribution >= 0.6 is 23.2 Å². The van der Waals surface area contributed by atoms with Crippen LogP contribution in [0.25, 0.3) is 11.1 Å². The Labute approximate surface area is 159 Å². The van der Waals surface area contributed by atoms with E-state index in [-0.39, 0.29) is 16.8 Å². The van der Waals surface area contributed by atoms with E-state index in [1.165, 1.54) is 19.2 Å². The minimum atomic E-state index is -3.51. The first-order valence-electron chi connectivity index (χ1n) is 7.28. The highest BCUT2D eigenvalue weighted by molar-refractivity contribution is 7.89. The van der Waals surface area contributed by atoms with Crippen molar-refractivity contribution in [2.75, 3.05) is 18.1 Å². The lowest BCUT2D eigenvalue weighted by atomic mass is 10.1. The number of nitrogens with two attached hydrogens (primary N) is 1. The molecule has 0 aliphatic rings. The first-order chi connectivity index (χ1) is 12.3. The second kappa shape index (κ2) is 7.12. The largest absolute Gasteiger partial charge is 0.368 e. The predicted molar refractivity (Wildman–Crippen MR) is 102 cm³/mol. The highest BCUT2D eigenvalue weighted by atomic mass is 35.5. The molecule has 1 heterocycles. The number of sulfonamides is 1. The Balaban J connectivity index is 1.93. The predicted octanol–water partition coefficient (Wildman–Crippen LogP) is 3.01. The van der Waals surface area contributed by atoms with E-state index in [9.17, 15) is 8.42 Å². The molecule has 0 atom stereocenters. The second-order valence-corrected chi connectivity index (χ2v) is 7.92. The van der Waals surface area contributed by atoms with Gasteiger partial charge in [-0.25, -0.2) is 18.2 Å². The summed E-state index contributed by atoms with van der Waals surface area (Å²) in [5, 5.41) is 10.1. The van der Waals surface area contributed by atoms with Crippen molar-refractivity contribution in [3.05, 3.63) is 46.4 Å². The molecule has 0 amide bonds. The molecule has 3 rings (SSSR count). The number of H-pyrrole nitrogens is 1. The van der Waals surface area contributed by atoms with Crippen LogP contribution in [0.3, 0.4) is 0 Å². The number of halogens is 2. The van der Waals surface area contributed by atoms with E-state index in [0.717, 1.165) is 0 Å². The topological polar surface area (TPSA) is 126 Å². The zero-order chi connectivity index (χ0) is 18.9. The average molecular weight is 413 g/mol. The first kappa shape index (κ1) is 18.5. The molecule has 8 nitrogen and oxygen atoms in total. The summed E-state index contributed by atoms with van der Waals surface area (Å²) in [4.78, 5) is 4.09. The maximum atomic E-state index is 11.8. The van der Waals surface area contributed by atoms with Gasteiger partial charge in [0.25, 0.3) is 0 Å². The molecule has 2 aromatic carbocycles. The van der Waals surface area contributed by atoms with E-state index < -0.39 is 10.0 Å². The second-order valence-electron chi connectivity index (χ2n) is 5.22. The number of anilines is 3. The quantitative estimate of drug-likeness (QED) is 0.510. The summed E-state index contributed by atoms with van der Waals surface area (Å²) in [6.07, 6.45) is 0. The Kier molecular flexibility index (Phi) is 5.05. The maximum absolute atomic E-state index is 11.8. The minimum Gasteiger partial charge on any atom is -0.368 e. The lowest BCUT2D eigenvalue weighted by Gasteiger charge is -2.11. The van der Waals surface area contributed by atoms with Gasteiger partial charge in [0.1, 0.15) is 0 Å². The van der Waals surface area contributed by atoms with Gasteiger partial charge < -0.3 is 11.1 Å². The Morgan fingerprint density at radius 2 is 1.73 bits per heavy atom. The summed E-state index contributed by atoms with van der Waals surface area (Å²) in [5.74, 6) is 0.460. The van der Waals surface area contributed by atoms with Gasteiger partial charge in [0, 0.05) is 11.3 Å². The van der Waals surface area contributed by atoms with Crippen molar-refractivity contribution in [2.45, 2.75) is 4.90 Å². The highest BCUT2D eigenvalue weighted by Crippen LogP contribution is 2.38. The number of nitrogen functional groups attached to an aromatic ring is 1.